The minimum Gasteiger partial charge on any atom is -0.446 e. The molecular formula is C12H13Cl2NO2. The highest BCUT2D eigenvalue weighted by Gasteiger charge is 2.19. The Balaban J connectivity index is 1.90. The van der Waals surface area contributed by atoms with Crippen molar-refractivity contribution in [2.24, 2.45) is 0 Å². The number of rotatable bonds is 2. The summed E-state index contributed by atoms with van der Waals surface area (Å²) in [6.45, 7) is 0. The molecule has 92 valence electrons. The third kappa shape index (κ3) is 3.51. The molecule has 1 fully saturated rings. The van der Waals surface area contributed by atoms with Gasteiger partial charge in [0.05, 0.1) is 10.0 Å². The van der Waals surface area contributed by atoms with Gasteiger partial charge in [0.1, 0.15) is 6.10 Å². The molecule has 0 bridgehead atoms. The summed E-state index contributed by atoms with van der Waals surface area (Å²) in [5, 5.41) is 3.50. The van der Waals surface area contributed by atoms with E-state index in [4.69, 9.17) is 27.9 Å². The Kier molecular flexibility index (Phi) is 4.13. The van der Waals surface area contributed by atoms with Gasteiger partial charge >= 0.3 is 6.09 Å². The van der Waals surface area contributed by atoms with Crippen LogP contribution in [0.5, 0.6) is 0 Å². The number of hydrogen-bond donors (Lipinski definition) is 1. The average molecular weight is 274 g/mol. The van der Waals surface area contributed by atoms with Crippen LogP contribution in [0.4, 0.5) is 10.5 Å². The van der Waals surface area contributed by atoms with E-state index < -0.39 is 6.09 Å². The molecule has 0 spiro atoms. The van der Waals surface area contributed by atoms with Crippen molar-refractivity contribution in [2.45, 2.75) is 31.8 Å². The smallest absolute Gasteiger partial charge is 0.411 e. The van der Waals surface area contributed by atoms with Gasteiger partial charge in [0.2, 0.25) is 0 Å². The van der Waals surface area contributed by atoms with Crippen LogP contribution in [-0.4, -0.2) is 12.2 Å². The maximum atomic E-state index is 11.6. The Morgan fingerprint density at radius 1 is 1.24 bits per heavy atom. The molecule has 0 atom stereocenters. The molecule has 17 heavy (non-hydrogen) atoms. The van der Waals surface area contributed by atoms with Crippen LogP contribution in [0.1, 0.15) is 25.7 Å². The Morgan fingerprint density at radius 2 is 1.94 bits per heavy atom. The normalized spacial score (nSPS) is 15.9. The predicted molar refractivity (Wildman–Crippen MR) is 68.8 cm³/mol. The fraction of sp³-hybridized carbons (Fsp3) is 0.417. The summed E-state index contributed by atoms with van der Waals surface area (Å²) in [6, 6.07) is 4.92. The van der Waals surface area contributed by atoms with Crippen LogP contribution in [0.2, 0.25) is 10.0 Å². The quantitative estimate of drug-likeness (QED) is 0.863. The maximum absolute atomic E-state index is 11.6. The van der Waals surface area contributed by atoms with E-state index in [0.717, 1.165) is 25.7 Å². The second-order valence-corrected chi connectivity index (χ2v) is 4.88. The van der Waals surface area contributed by atoms with E-state index in [9.17, 15) is 4.79 Å². The van der Waals surface area contributed by atoms with Crippen LogP contribution in [0.25, 0.3) is 0 Å². The van der Waals surface area contributed by atoms with Crippen molar-refractivity contribution in [1.82, 2.24) is 0 Å². The molecule has 3 nitrogen and oxygen atoms in total. The predicted octanol–water partition coefficient (Wildman–Crippen LogP) is 4.48. The van der Waals surface area contributed by atoms with Crippen molar-refractivity contribution >= 4 is 35.0 Å². The summed E-state index contributed by atoms with van der Waals surface area (Å²) in [5.74, 6) is 0. The van der Waals surface area contributed by atoms with Crippen LogP contribution in [0.3, 0.4) is 0 Å². The van der Waals surface area contributed by atoms with E-state index in [1.807, 2.05) is 0 Å². The molecular weight excluding hydrogens is 261 g/mol. The largest absolute Gasteiger partial charge is 0.446 e. The van der Waals surface area contributed by atoms with Crippen molar-refractivity contribution in [3.05, 3.63) is 28.2 Å². The van der Waals surface area contributed by atoms with E-state index in [2.05, 4.69) is 5.32 Å². The highest BCUT2D eigenvalue weighted by Crippen LogP contribution is 2.26. The van der Waals surface area contributed by atoms with Crippen LogP contribution in [-0.2, 0) is 4.74 Å². The summed E-state index contributed by atoms with van der Waals surface area (Å²) in [5.41, 5.74) is 0.586. The second-order valence-electron chi connectivity index (χ2n) is 4.07. The summed E-state index contributed by atoms with van der Waals surface area (Å²) >= 11 is 11.6. The van der Waals surface area contributed by atoms with Gasteiger partial charge in [-0.15, -0.1) is 0 Å². The van der Waals surface area contributed by atoms with Gasteiger partial charge in [-0.25, -0.2) is 4.79 Å². The van der Waals surface area contributed by atoms with Gasteiger partial charge in [-0.05, 0) is 43.9 Å². The number of carbonyl (C=O) groups excluding carboxylic acids is 1. The first-order chi connectivity index (χ1) is 8.15. The number of hydrogen-bond acceptors (Lipinski definition) is 2. The van der Waals surface area contributed by atoms with Gasteiger partial charge in [-0.2, -0.15) is 0 Å². The molecule has 1 amide bonds. The Morgan fingerprint density at radius 3 is 2.59 bits per heavy atom. The highest BCUT2D eigenvalue weighted by atomic mass is 35.5. The molecule has 1 aromatic carbocycles. The number of carbonyl (C=O) groups is 1. The van der Waals surface area contributed by atoms with Crippen molar-refractivity contribution < 1.29 is 9.53 Å². The zero-order chi connectivity index (χ0) is 12.3. The molecule has 0 unspecified atom stereocenters. The fourth-order valence-corrected chi connectivity index (χ4v) is 2.18. The molecule has 0 heterocycles. The van der Waals surface area contributed by atoms with Crippen LogP contribution >= 0.6 is 23.2 Å². The molecule has 0 aliphatic heterocycles. The fourth-order valence-electron chi connectivity index (χ4n) is 1.88. The van der Waals surface area contributed by atoms with Crippen molar-refractivity contribution in [2.75, 3.05) is 5.32 Å². The van der Waals surface area contributed by atoms with E-state index in [-0.39, 0.29) is 6.10 Å². The maximum Gasteiger partial charge on any atom is 0.411 e. The molecule has 0 radical (unpaired) electrons. The zero-order valence-corrected chi connectivity index (χ0v) is 10.7. The topological polar surface area (TPSA) is 38.3 Å². The molecule has 1 aliphatic rings. The summed E-state index contributed by atoms with van der Waals surface area (Å²) in [4.78, 5) is 11.6. The van der Waals surface area contributed by atoms with E-state index in [1.54, 1.807) is 18.2 Å². The van der Waals surface area contributed by atoms with Crippen molar-refractivity contribution in [3.8, 4) is 0 Å². The molecule has 1 N–H and O–H groups in total. The molecule has 1 aliphatic carbocycles. The number of halogens is 2. The third-order valence-electron chi connectivity index (χ3n) is 2.74. The van der Waals surface area contributed by atoms with E-state index >= 15 is 0 Å². The lowest BCUT2D eigenvalue weighted by molar-refractivity contribution is 0.114. The highest BCUT2D eigenvalue weighted by molar-refractivity contribution is 6.42. The van der Waals surface area contributed by atoms with Gasteiger partial charge in [0.15, 0.2) is 0 Å². The van der Waals surface area contributed by atoms with Crippen LogP contribution in [0.15, 0.2) is 18.2 Å². The van der Waals surface area contributed by atoms with Crippen molar-refractivity contribution in [3.63, 3.8) is 0 Å². The summed E-state index contributed by atoms with van der Waals surface area (Å²) < 4.78 is 5.26. The van der Waals surface area contributed by atoms with E-state index in [1.165, 1.54) is 0 Å². The Labute approximate surface area is 110 Å². The Bertz CT molecular complexity index is 417. The molecule has 0 saturated heterocycles. The first kappa shape index (κ1) is 12.5. The van der Waals surface area contributed by atoms with E-state index in [0.29, 0.717) is 15.7 Å². The number of anilines is 1. The molecule has 2 rings (SSSR count). The summed E-state index contributed by atoms with van der Waals surface area (Å²) in [7, 11) is 0. The van der Waals surface area contributed by atoms with Gasteiger partial charge < -0.3 is 4.74 Å². The lowest BCUT2D eigenvalue weighted by atomic mass is 10.3. The molecule has 5 heteroatoms. The number of benzene rings is 1. The van der Waals surface area contributed by atoms with Crippen LogP contribution < -0.4 is 5.32 Å². The molecule has 0 aromatic heterocycles. The SMILES string of the molecule is O=C(Nc1ccc(Cl)c(Cl)c1)OC1CCCC1. The van der Waals surface area contributed by atoms with Gasteiger partial charge in [0, 0.05) is 5.69 Å². The van der Waals surface area contributed by atoms with Gasteiger partial charge in [-0.3, -0.25) is 5.32 Å². The number of nitrogens with one attached hydrogen (secondary N) is 1. The number of ether oxygens (including phenoxy) is 1. The first-order valence-corrected chi connectivity index (χ1v) is 6.33. The summed E-state index contributed by atoms with van der Waals surface area (Å²) in [6.07, 6.45) is 3.78. The monoisotopic (exact) mass is 273 g/mol. The minimum atomic E-state index is -0.435. The lowest BCUT2D eigenvalue weighted by Crippen LogP contribution is -2.20. The number of amides is 1. The minimum absolute atomic E-state index is 0.0535. The third-order valence-corrected chi connectivity index (χ3v) is 3.48. The van der Waals surface area contributed by atoms with Gasteiger partial charge in [-0.1, -0.05) is 23.2 Å². The second kappa shape index (κ2) is 5.61. The lowest BCUT2D eigenvalue weighted by Gasteiger charge is -2.12. The standard InChI is InChI=1S/C12H13Cl2NO2/c13-10-6-5-8(7-11(10)14)15-12(16)17-9-3-1-2-4-9/h5-7,9H,1-4H2,(H,15,16). The zero-order valence-electron chi connectivity index (χ0n) is 9.21. The molecule has 1 aromatic rings. The first-order valence-electron chi connectivity index (χ1n) is 5.58. The molecule has 1 saturated carbocycles. The van der Waals surface area contributed by atoms with Crippen LogP contribution in [0, 0.1) is 0 Å². The Hall–Kier alpha value is -0.930. The van der Waals surface area contributed by atoms with Crippen molar-refractivity contribution in [1.29, 1.82) is 0 Å². The van der Waals surface area contributed by atoms with Gasteiger partial charge in [0.25, 0.3) is 0 Å². The average Bonchev–Trinajstić information content (AvgIpc) is 2.76.